The van der Waals surface area contributed by atoms with E-state index in [-0.39, 0.29) is 5.56 Å². The number of nitrogens with zero attached hydrogens (tertiary/aromatic N) is 3. The van der Waals surface area contributed by atoms with Crippen LogP contribution in [0.25, 0.3) is 0 Å². The van der Waals surface area contributed by atoms with Crippen molar-refractivity contribution in [3.8, 4) is 5.75 Å². The molecule has 0 saturated carbocycles. The second kappa shape index (κ2) is 7.81. The fourth-order valence-electron chi connectivity index (χ4n) is 1.98. The summed E-state index contributed by atoms with van der Waals surface area (Å²) in [6.45, 7) is 0. The third-order valence-electron chi connectivity index (χ3n) is 3.25. The highest BCUT2D eigenvalue weighted by Gasteiger charge is 2.23. The third kappa shape index (κ3) is 4.15. The summed E-state index contributed by atoms with van der Waals surface area (Å²) in [5, 5.41) is 44.8. The molecule has 0 radical (unpaired) electrons. The SMILES string of the molecule is O=C(N/N=C/c1cc([N+](=O)[O-])cc([N+](=O)[O-])c1O)C(O)c1ccccc1. The lowest BCUT2D eigenvalue weighted by molar-refractivity contribution is -0.394. The summed E-state index contributed by atoms with van der Waals surface area (Å²) >= 11 is 0. The summed E-state index contributed by atoms with van der Waals surface area (Å²) in [4.78, 5) is 31.6. The number of aliphatic hydroxyl groups excluding tert-OH is 1. The van der Waals surface area contributed by atoms with Gasteiger partial charge < -0.3 is 10.2 Å². The first-order valence-corrected chi connectivity index (χ1v) is 7.03. The number of rotatable bonds is 6. The Labute approximate surface area is 145 Å². The number of carbonyl (C=O) groups excluding carboxylic acids is 1. The van der Waals surface area contributed by atoms with Gasteiger partial charge in [0.25, 0.3) is 11.6 Å². The molecular weight excluding hydrogens is 348 g/mol. The number of nitrogens with one attached hydrogen (secondary N) is 1. The third-order valence-corrected chi connectivity index (χ3v) is 3.25. The lowest BCUT2D eigenvalue weighted by Gasteiger charge is -2.08. The quantitative estimate of drug-likeness (QED) is 0.397. The molecule has 2 aromatic carbocycles. The second-order valence-corrected chi connectivity index (χ2v) is 4.96. The maximum absolute atomic E-state index is 11.8. The highest BCUT2D eigenvalue weighted by molar-refractivity contribution is 5.89. The van der Waals surface area contributed by atoms with E-state index >= 15 is 0 Å². The highest BCUT2D eigenvalue weighted by atomic mass is 16.6. The number of phenols is 1. The van der Waals surface area contributed by atoms with E-state index < -0.39 is 39.0 Å². The number of non-ortho nitro benzene ring substituents is 1. The minimum atomic E-state index is -1.51. The molecule has 0 spiro atoms. The van der Waals surface area contributed by atoms with Crippen LogP contribution in [0.3, 0.4) is 0 Å². The smallest absolute Gasteiger partial charge is 0.318 e. The number of aliphatic hydroxyl groups is 1. The molecule has 0 heterocycles. The van der Waals surface area contributed by atoms with E-state index in [1.807, 2.05) is 5.43 Å². The first kappa shape index (κ1) is 18.5. The average molecular weight is 360 g/mol. The molecule has 11 heteroatoms. The van der Waals surface area contributed by atoms with Crippen molar-refractivity contribution in [1.82, 2.24) is 5.43 Å². The number of benzene rings is 2. The normalized spacial score (nSPS) is 11.9. The maximum Gasteiger partial charge on any atom is 0.318 e. The Morgan fingerprint density at radius 2 is 1.81 bits per heavy atom. The van der Waals surface area contributed by atoms with Gasteiger partial charge in [0.1, 0.15) is 0 Å². The molecule has 0 aliphatic carbocycles. The standard InChI is InChI=1S/C15H12N4O7/c20-13-10(6-11(18(23)24)7-12(13)19(25)26)8-16-17-15(22)14(21)9-4-2-1-3-5-9/h1-8,14,20-21H,(H,17,22)/b16-8+. The van der Waals surface area contributed by atoms with Crippen LogP contribution in [0.5, 0.6) is 5.75 Å². The summed E-state index contributed by atoms with van der Waals surface area (Å²) in [6, 6.07) is 9.43. The first-order chi connectivity index (χ1) is 12.3. The lowest BCUT2D eigenvalue weighted by atomic mass is 10.1. The number of hydrazone groups is 1. The summed E-state index contributed by atoms with van der Waals surface area (Å²) in [6.07, 6.45) is -0.716. The number of amides is 1. The number of aromatic hydroxyl groups is 1. The Hall–Kier alpha value is -3.86. The molecule has 134 valence electrons. The van der Waals surface area contributed by atoms with Crippen LogP contribution in [-0.4, -0.2) is 32.2 Å². The Morgan fingerprint density at radius 1 is 1.15 bits per heavy atom. The number of hydrogen-bond acceptors (Lipinski definition) is 8. The predicted molar refractivity (Wildman–Crippen MR) is 88.6 cm³/mol. The van der Waals surface area contributed by atoms with Crippen LogP contribution in [0.4, 0.5) is 11.4 Å². The van der Waals surface area contributed by atoms with Gasteiger partial charge in [-0.2, -0.15) is 5.10 Å². The van der Waals surface area contributed by atoms with Crippen LogP contribution < -0.4 is 5.43 Å². The Kier molecular flexibility index (Phi) is 5.55. The van der Waals surface area contributed by atoms with Crippen molar-refractivity contribution < 1.29 is 24.9 Å². The molecule has 11 nitrogen and oxygen atoms in total. The summed E-state index contributed by atoms with van der Waals surface area (Å²) < 4.78 is 0. The van der Waals surface area contributed by atoms with Crippen LogP contribution in [-0.2, 0) is 4.79 Å². The number of nitro benzene ring substituents is 2. The molecule has 0 aliphatic heterocycles. The molecule has 0 aliphatic rings. The monoisotopic (exact) mass is 360 g/mol. The van der Waals surface area contributed by atoms with E-state index in [1.54, 1.807) is 18.2 Å². The Balaban J connectivity index is 2.21. The summed E-state index contributed by atoms with van der Waals surface area (Å²) in [5.74, 6) is -1.74. The molecule has 3 N–H and O–H groups in total. The van der Waals surface area contributed by atoms with Crippen LogP contribution in [0.2, 0.25) is 0 Å². The van der Waals surface area contributed by atoms with Crippen molar-refractivity contribution in [2.24, 2.45) is 5.10 Å². The van der Waals surface area contributed by atoms with Gasteiger partial charge in [0.2, 0.25) is 5.75 Å². The molecule has 0 fully saturated rings. The average Bonchev–Trinajstić information content (AvgIpc) is 2.62. The number of hydrogen-bond donors (Lipinski definition) is 3. The van der Waals surface area contributed by atoms with Gasteiger partial charge in [-0.3, -0.25) is 25.0 Å². The zero-order valence-electron chi connectivity index (χ0n) is 13.0. The number of carbonyl (C=O) groups is 1. The molecule has 0 aromatic heterocycles. The molecule has 26 heavy (non-hydrogen) atoms. The zero-order valence-corrected chi connectivity index (χ0v) is 13.0. The molecule has 0 bridgehead atoms. The highest BCUT2D eigenvalue weighted by Crippen LogP contribution is 2.33. The van der Waals surface area contributed by atoms with Gasteiger partial charge in [-0.1, -0.05) is 30.3 Å². The van der Waals surface area contributed by atoms with Crippen molar-refractivity contribution in [2.45, 2.75) is 6.10 Å². The van der Waals surface area contributed by atoms with Crippen molar-refractivity contribution in [3.05, 3.63) is 73.8 Å². The van der Waals surface area contributed by atoms with E-state index in [0.29, 0.717) is 11.6 Å². The Morgan fingerprint density at radius 3 is 2.38 bits per heavy atom. The molecule has 2 aromatic rings. The van der Waals surface area contributed by atoms with Crippen LogP contribution in [0.15, 0.2) is 47.6 Å². The fraction of sp³-hybridized carbons (Fsp3) is 0.0667. The van der Waals surface area contributed by atoms with Gasteiger partial charge in [0, 0.05) is 6.07 Å². The van der Waals surface area contributed by atoms with Crippen LogP contribution >= 0.6 is 0 Å². The topological polar surface area (TPSA) is 168 Å². The zero-order chi connectivity index (χ0) is 19.3. The van der Waals surface area contributed by atoms with E-state index in [0.717, 1.165) is 12.3 Å². The summed E-state index contributed by atoms with van der Waals surface area (Å²) in [7, 11) is 0. The number of phenolic OH excluding ortho intramolecular Hbond substituents is 1. The largest absolute Gasteiger partial charge is 0.502 e. The second-order valence-electron chi connectivity index (χ2n) is 4.96. The van der Waals surface area contributed by atoms with Gasteiger partial charge in [-0.05, 0) is 5.56 Å². The fourth-order valence-corrected chi connectivity index (χ4v) is 1.98. The first-order valence-electron chi connectivity index (χ1n) is 7.03. The van der Waals surface area contributed by atoms with Crippen LogP contribution in [0.1, 0.15) is 17.2 Å². The Bertz CT molecular complexity index is 883. The van der Waals surface area contributed by atoms with Crippen LogP contribution in [0, 0.1) is 20.2 Å². The van der Waals surface area contributed by atoms with Crippen molar-refractivity contribution in [1.29, 1.82) is 0 Å². The predicted octanol–water partition coefficient (Wildman–Crippen LogP) is 1.39. The van der Waals surface area contributed by atoms with E-state index in [1.165, 1.54) is 12.1 Å². The molecule has 2 rings (SSSR count). The molecule has 1 amide bonds. The minimum Gasteiger partial charge on any atom is -0.502 e. The van der Waals surface area contributed by atoms with Crippen molar-refractivity contribution in [3.63, 3.8) is 0 Å². The van der Waals surface area contributed by atoms with Gasteiger partial charge in [-0.25, -0.2) is 5.43 Å². The van der Waals surface area contributed by atoms with Crippen molar-refractivity contribution in [2.75, 3.05) is 0 Å². The van der Waals surface area contributed by atoms with E-state index in [2.05, 4.69) is 5.10 Å². The van der Waals surface area contributed by atoms with Gasteiger partial charge in [0.05, 0.1) is 27.7 Å². The van der Waals surface area contributed by atoms with Gasteiger partial charge >= 0.3 is 5.69 Å². The molecule has 1 atom stereocenters. The van der Waals surface area contributed by atoms with Gasteiger partial charge in [0.15, 0.2) is 6.10 Å². The maximum atomic E-state index is 11.8. The van der Waals surface area contributed by atoms with Crippen molar-refractivity contribution >= 4 is 23.5 Å². The summed E-state index contributed by atoms with van der Waals surface area (Å²) in [5.41, 5.74) is 0.440. The minimum absolute atomic E-state index is 0.314. The van der Waals surface area contributed by atoms with E-state index in [4.69, 9.17) is 0 Å². The molecule has 1 unspecified atom stereocenters. The van der Waals surface area contributed by atoms with Gasteiger partial charge in [-0.15, -0.1) is 0 Å². The van der Waals surface area contributed by atoms with E-state index in [9.17, 15) is 35.2 Å². The molecular formula is C15H12N4O7. The lowest BCUT2D eigenvalue weighted by Crippen LogP contribution is -2.25. The number of nitro groups is 2. The molecule has 0 saturated heterocycles.